The normalized spacial score (nSPS) is 38.9. The van der Waals surface area contributed by atoms with Gasteiger partial charge in [0.25, 0.3) is 0 Å². The monoisotopic (exact) mass is 1260 g/mol. The van der Waals surface area contributed by atoms with Gasteiger partial charge in [0, 0.05) is 6.42 Å². The molecule has 21 fully saturated rings. The third kappa shape index (κ3) is 4.99. The Morgan fingerprint density at radius 3 is 0.890 bits per heavy atom. The van der Waals surface area contributed by atoms with Gasteiger partial charge in [0.15, 0.2) is 80.3 Å². The van der Waals surface area contributed by atoms with Gasteiger partial charge in [0.2, 0.25) is 6.35 Å². The number of carbonyl (C=O) groups is 14. The lowest BCUT2D eigenvalue weighted by atomic mass is 10.2. The molecule has 0 spiro atoms. The van der Waals surface area contributed by atoms with Gasteiger partial charge in [-0.15, -0.1) is 12.3 Å². The van der Waals surface area contributed by atoms with Crippen LogP contribution in [0.1, 0.15) is 19.3 Å². The van der Waals surface area contributed by atoms with E-state index in [1.807, 2.05) is 0 Å². The van der Waals surface area contributed by atoms with E-state index in [2.05, 4.69) is 5.92 Å². The first kappa shape index (κ1) is 49.2. The number of amides is 28. The van der Waals surface area contributed by atoms with E-state index < -0.39 is 257 Å². The van der Waals surface area contributed by atoms with E-state index in [-0.39, 0.29) is 19.6 Å². The predicted octanol–water partition coefficient (Wildman–Crippen LogP) is -5.46. The summed E-state index contributed by atoms with van der Waals surface area (Å²) in [4.78, 5) is 258. The quantitative estimate of drug-likeness (QED) is 0.183. The first-order valence-corrected chi connectivity index (χ1v) is 30.1. The average molecular weight is 1260 g/mol. The van der Waals surface area contributed by atoms with Crippen molar-refractivity contribution in [3.63, 3.8) is 0 Å². The lowest BCUT2D eigenvalue weighted by Gasteiger charge is -2.52. The minimum Gasteiger partial charge on any atom is -0.340 e. The van der Waals surface area contributed by atoms with Gasteiger partial charge in [0.05, 0.1) is 13.2 Å². The van der Waals surface area contributed by atoms with Crippen LogP contribution in [0.15, 0.2) is 0 Å². The molecule has 15 unspecified atom stereocenters. The van der Waals surface area contributed by atoms with Crippen LogP contribution in [0.2, 0.25) is 0 Å². The van der Waals surface area contributed by atoms with Crippen LogP contribution < -0.4 is 0 Å². The molecule has 15 atom stereocenters. The summed E-state index contributed by atoms with van der Waals surface area (Å²) in [6.07, 6.45) is -15.3. The summed E-state index contributed by atoms with van der Waals surface area (Å²) in [6.45, 7) is -7.83. The van der Waals surface area contributed by atoms with E-state index in [0.717, 1.165) is 14.7 Å². The molecule has 21 aliphatic heterocycles. The van der Waals surface area contributed by atoms with Crippen molar-refractivity contribution in [2.45, 2.75) is 112 Å². The molecule has 0 N–H and O–H groups in total. The lowest BCUT2D eigenvalue weighted by molar-refractivity contribution is -0.169. The highest BCUT2D eigenvalue weighted by molar-refractivity contribution is 5.96. The highest BCUT2D eigenvalue weighted by atomic mass is 16.5. The van der Waals surface area contributed by atoms with E-state index in [1.165, 1.54) is 122 Å². The van der Waals surface area contributed by atoms with Crippen molar-refractivity contribution in [3.05, 3.63) is 0 Å². The van der Waals surface area contributed by atoms with Crippen LogP contribution in [0.25, 0.3) is 0 Å². The Balaban J connectivity index is 0.807. The highest BCUT2D eigenvalue weighted by Gasteiger charge is 2.78. The van der Waals surface area contributed by atoms with Crippen LogP contribution in [-0.2, 0) is 4.74 Å². The molecule has 21 saturated heterocycles. The SMILES string of the molecule is C#CCCCCOC1N2C(=O)N3CN4C(=O)N5CN6C(=O)N7CN8C(=O)N9CN%10C(=O)N%11CN%12C(=O)N%13CN%14C(=O)N1C1C%14N%14CN%15CC%12N(CN%12C(=O)N(C%10C%11%12)C%13N%10C(=O)N(CN%11C(=O)N(CN%12C(=O)N(CN%13C(=O)N(CN1C%14=O)C2C%133)C4C%125)C6C7%11)C8C9%10)C%15=O. The largest absolute Gasteiger partial charge is 0.340 e. The highest BCUT2D eigenvalue weighted by Crippen LogP contribution is 2.54. The van der Waals surface area contributed by atoms with Crippen LogP contribution in [0.3, 0.4) is 0 Å². The Hall–Kier alpha value is -10.7. The van der Waals surface area contributed by atoms with Crippen LogP contribution in [0.4, 0.5) is 67.1 Å². The molecule has 21 aliphatic rings. The summed E-state index contributed by atoms with van der Waals surface area (Å²) < 4.78 is 6.82. The molecule has 21 heterocycles. The Bertz CT molecular complexity index is 3800. The van der Waals surface area contributed by atoms with Gasteiger partial charge in [-0.2, -0.15) is 0 Å². The maximum absolute atomic E-state index is 16.8. The molecule has 0 aliphatic carbocycles. The van der Waals surface area contributed by atoms with Gasteiger partial charge in [-0.3, -0.25) is 132 Å². The fraction of sp³-hybridized carbons (Fsp3) is 0.667. The smallest absolute Gasteiger partial charge is 0.328 e. The molecular formula is C48H50N28O15. The van der Waals surface area contributed by atoms with Gasteiger partial charge in [-0.25, -0.2) is 67.1 Å². The van der Waals surface area contributed by atoms with Crippen molar-refractivity contribution in [1.82, 2.24) is 137 Å². The van der Waals surface area contributed by atoms with Crippen molar-refractivity contribution in [2.75, 3.05) is 93.2 Å². The molecule has 91 heavy (non-hydrogen) atoms. The molecule has 0 saturated carbocycles. The van der Waals surface area contributed by atoms with Crippen molar-refractivity contribution in [3.8, 4) is 12.3 Å². The van der Waals surface area contributed by atoms with E-state index in [4.69, 9.17) is 11.2 Å². The summed E-state index contributed by atoms with van der Waals surface area (Å²) in [5.41, 5.74) is 0. The third-order valence-corrected chi connectivity index (χ3v) is 22.9. The summed E-state index contributed by atoms with van der Waals surface area (Å²) in [7, 11) is 0. The zero-order chi connectivity index (χ0) is 61.3. The average Bonchev–Trinajstić information content (AvgIpc) is 1.52. The van der Waals surface area contributed by atoms with Gasteiger partial charge < -0.3 is 9.64 Å². The topological polar surface area (TPSA) is 339 Å². The van der Waals surface area contributed by atoms with E-state index in [1.54, 1.807) is 0 Å². The number of ether oxygens (including phenoxy) is 1. The molecule has 0 aromatic rings. The Kier molecular flexibility index (Phi) is 8.18. The molecule has 0 aromatic carbocycles. The molecule has 472 valence electrons. The van der Waals surface area contributed by atoms with Crippen molar-refractivity contribution in [1.29, 1.82) is 0 Å². The number of carbonyl (C=O) groups excluding carboxylic acids is 14. The number of hydrogen-bond acceptors (Lipinski definition) is 15. The number of rotatable bonds is 5. The first-order chi connectivity index (χ1) is 44.0. The Morgan fingerprint density at radius 1 is 0.286 bits per heavy atom. The summed E-state index contributed by atoms with van der Waals surface area (Å²) >= 11 is 0. The predicted molar refractivity (Wildman–Crippen MR) is 276 cm³/mol. The Labute approximate surface area is 509 Å². The molecule has 43 nitrogen and oxygen atoms in total. The second-order valence-corrected chi connectivity index (χ2v) is 26.5. The third-order valence-electron chi connectivity index (χ3n) is 22.9. The summed E-state index contributed by atoms with van der Waals surface area (Å²) in [5.74, 6) is 2.59. The molecule has 28 amide bonds. The lowest BCUT2D eigenvalue weighted by Crippen LogP contribution is -2.75. The number of urea groups is 14. The maximum atomic E-state index is 16.8. The van der Waals surface area contributed by atoms with E-state index in [0.29, 0.717) is 12.8 Å². The standard InChI is InChI=1S/C48H50N28O15/c1-2-3-4-5-6-91-48-75-31-27-52-8-49-7-20-50(34(49)77)9-64-25-29-68-17-69-30-26-62(42(69)85)13-58-23-21-54(37(58)80)12-57-22-24-59(14-63-28-32(71(43(63)86)18-70(31)36(52)79)76(48)46(89)66(28)16-61(24)40(57)83)38(81)55(22)11-56(21)39(82)60(23)15-65(26)45(88)74(30)33(73(29)44(64)87)72(19-67(27)47(75)90)35(78)51(20)10-53(25)41(68)84/h1,20-33,48H,3-19H2. The minimum atomic E-state index is -2.02. The maximum Gasteiger partial charge on any atom is 0.328 e. The van der Waals surface area contributed by atoms with Crippen LogP contribution >= 0.6 is 0 Å². The van der Waals surface area contributed by atoms with Crippen molar-refractivity contribution < 1.29 is 71.9 Å². The van der Waals surface area contributed by atoms with Crippen LogP contribution in [0.5, 0.6) is 0 Å². The number of terminal acetylenes is 1. The fourth-order valence-electron chi connectivity index (χ4n) is 19.3. The van der Waals surface area contributed by atoms with E-state index in [9.17, 15) is 0 Å². The zero-order valence-corrected chi connectivity index (χ0v) is 47.4. The number of unbranched alkanes of at least 4 members (excludes halogenated alkanes) is 2. The van der Waals surface area contributed by atoms with E-state index >= 15 is 67.1 Å². The van der Waals surface area contributed by atoms with Gasteiger partial charge >= 0.3 is 84.4 Å². The van der Waals surface area contributed by atoms with Gasteiger partial charge in [-0.05, 0) is 12.8 Å². The molecular weight excluding hydrogens is 1210 g/mol. The second-order valence-electron chi connectivity index (χ2n) is 26.5. The van der Waals surface area contributed by atoms with Crippen LogP contribution in [-0.4, -0.2) is 408 Å². The summed E-state index contributed by atoms with van der Waals surface area (Å²) in [6, 6.07) is -11.5. The molecule has 21 rings (SSSR count). The van der Waals surface area contributed by atoms with Crippen molar-refractivity contribution >= 4 is 84.4 Å². The van der Waals surface area contributed by atoms with Crippen LogP contribution in [0, 0.1) is 12.3 Å². The second kappa shape index (κ2) is 15.1. The molecule has 43 heteroatoms. The van der Waals surface area contributed by atoms with Gasteiger partial charge in [0.1, 0.15) is 86.2 Å². The number of nitrogens with zero attached hydrogens (tertiary/aromatic N) is 28. The van der Waals surface area contributed by atoms with Crippen molar-refractivity contribution in [2.24, 2.45) is 0 Å². The first-order valence-electron chi connectivity index (χ1n) is 30.1. The number of hydrogen-bond donors (Lipinski definition) is 0. The molecule has 9 bridgehead atoms. The van der Waals surface area contributed by atoms with Gasteiger partial charge in [-0.1, -0.05) is 0 Å². The molecule has 0 radical (unpaired) electrons. The zero-order valence-electron chi connectivity index (χ0n) is 47.4. The summed E-state index contributed by atoms with van der Waals surface area (Å²) in [5, 5.41) is 0. The fourth-order valence-corrected chi connectivity index (χ4v) is 19.3. The molecule has 0 aromatic heterocycles. The minimum absolute atomic E-state index is 0.178. The Morgan fingerprint density at radius 2 is 0.538 bits per heavy atom. The number of fused-ring (bicyclic) bond motifs is 4.